The monoisotopic (exact) mass is 330 g/mol. The van der Waals surface area contributed by atoms with Gasteiger partial charge in [-0.2, -0.15) is 5.10 Å². The molecule has 2 rings (SSSR count). The number of aromatic amines is 1. The predicted octanol–water partition coefficient (Wildman–Crippen LogP) is 3.44. The molecule has 1 aromatic heterocycles. The van der Waals surface area contributed by atoms with E-state index in [9.17, 15) is 9.90 Å². The maximum atomic E-state index is 12.2. The summed E-state index contributed by atoms with van der Waals surface area (Å²) in [5, 5.41) is 20.3. The Morgan fingerprint density at radius 2 is 1.83 bits per heavy atom. The Balaban J connectivity index is 1.98. The summed E-state index contributed by atoms with van der Waals surface area (Å²) in [6, 6.07) is 7.36. The summed E-state index contributed by atoms with van der Waals surface area (Å²) in [4.78, 5) is 16.5. The summed E-state index contributed by atoms with van der Waals surface area (Å²) in [6.45, 7) is 5.88. The van der Waals surface area contributed by atoms with Crippen LogP contribution in [0, 0.1) is 6.92 Å². The zero-order valence-electron chi connectivity index (χ0n) is 14.6. The van der Waals surface area contributed by atoms with Crippen molar-refractivity contribution in [2.75, 3.05) is 5.32 Å². The zero-order chi connectivity index (χ0) is 17.6. The fourth-order valence-corrected chi connectivity index (χ4v) is 2.91. The number of aromatic nitrogens is 3. The highest BCUT2D eigenvalue weighted by molar-refractivity contribution is 5.91. The number of nitrogens with zero attached hydrogens (tertiary/aromatic N) is 2. The fourth-order valence-electron chi connectivity index (χ4n) is 2.91. The molecule has 1 aromatic carbocycles. The molecule has 0 aliphatic carbocycles. The first-order valence-corrected chi connectivity index (χ1v) is 8.47. The van der Waals surface area contributed by atoms with Crippen molar-refractivity contribution in [3.63, 3.8) is 0 Å². The van der Waals surface area contributed by atoms with Gasteiger partial charge in [0.25, 0.3) is 0 Å². The second-order valence-electron chi connectivity index (χ2n) is 6.27. The van der Waals surface area contributed by atoms with E-state index in [0.717, 1.165) is 24.2 Å². The van der Waals surface area contributed by atoms with E-state index in [2.05, 4.69) is 20.5 Å². The van der Waals surface area contributed by atoms with Crippen LogP contribution in [-0.4, -0.2) is 31.8 Å². The van der Waals surface area contributed by atoms with Gasteiger partial charge >= 0.3 is 0 Å². The van der Waals surface area contributed by atoms with E-state index < -0.39 is 5.60 Å². The van der Waals surface area contributed by atoms with Crippen molar-refractivity contribution >= 4 is 11.6 Å². The molecule has 0 bridgehead atoms. The van der Waals surface area contributed by atoms with E-state index in [1.165, 1.54) is 0 Å². The molecule has 6 heteroatoms. The Morgan fingerprint density at radius 3 is 2.33 bits per heavy atom. The van der Waals surface area contributed by atoms with Gasteiger partial charge in [-0.05, 0) is 44.0 Å². The number of anilines is 1. The van der Waals surface area contributed by atoms with Gasteiger partial charge in [-0.1, -0.05) is 26.7 Å². The van der Waals surface area contributed by atoms with E-state index in [1.54, 1.807) is 0 Å². The predicted molar refractivity (Wildman–Crippen MR) is 94.6 cm³/mol. The van der Waals surface area contributed by atoms with Crippen molar-refractivity contribution in [3.05, 3.63) is 30.1 Å². The number of rotatable bonds is 8. The molecule has 2 aromatic rings. The molecule has 3 N–H and O–H groups in total. The van der Waals surface area contributed by atoms with Gasteiger partial charge in [0.2, 0.25) is 5.91 Å². The topological polar surface area (TPSA) is 90.9 Å². The number of carbonyl (C=O) groups excluding carboxylic acids is 1. The third-order valence-electron chi connectivity index (χ3n) is 3.94. The molecule has 0 saturated carbocycles. The van der Waals surface area contributed by atoms with Gasteiger partial charge in [-0.25, -0.2) is 4.98 Å². The van der Waals surface area contributed by atoms with Crippen molar-refractivity contribution in [2.24, 2.45) is 0 Å². The normalized spacial score (nSPS) is 11.5. The lowest BCUT2D eigenvalue weighted by molar-refractivity contribution is -0.121. The van der Waals surface area contributed by atoms with Gasteiger partial charge in [0.1, 0.15) is 5.82 Å². The van der Waals surface area contributed by atoms with Gasteiger partial charge in [0.15, 0.2) is 5.82 Å². The molecule has 0 saturated heterocycles. The second-order valence-corrected chi connectivity index (χ2v) is 6.27. The molecule has 130 valence electrons. The third-order valence-corrected chi connectivity index (χ3v) is 3.94. The summed E-state index contributed by atoms with van der Waals surface area (Å²) < 4.78 is 0. The van der Waals surface area contributed by atoms with Crippen LogP contribution in [-0.2, 0) is 4.79 Å². The molecule has 0 aliphatic heterocycles. The van der Waals surface area contributed by atoms with Gasteiger partial charge < -0.3 is 10.4 Å². The minimum atomic E-state index is -0.913. The van der Waals surface area contributed by atoms with Gasteiger partial charge in [-0.3, -0.25) is 9.89 Å². The Kier molecular flexibility index (Phi) is 6.09. The number of nitrogens with one attached hydrogen (secondary N) is 2. The summed E-state index contributed by atoms with van der Waals surface area (Å²) in [7, 11) is 0. The van der Waals surface area contributed by atoms with Crippen LogP contribution in [0.25, 0.3) is 11.4 Å². The van der Waals surface area contributed by atoms with E-state index in [-0.39, 0.29) is 12.3 Å². The van der Waals surface area contributed by atoms with Gasteiger partial charge in [0.05, 0.1) is 12.0 Å². The van der Waals surface area contributed by atoms with Crippen LogP contribution in [0.15, 0.2) is 24.3 Å². The number of hydrogen-bond acceptors (Lipinski definition) is 4. The number of amides is 1. The van der Waals surface area contributed by atoms with Crippen molar-refractivity contribution in [1.29, 1.82) is 0 Å². The van der Waals surface area contributed by atoms with Crippen LogP contribution in [0.1, 0.15) is 51.8 Å². The molecule has 0 unspecified atom stereocenters. The molecule has 0 aliphatic rings. The van der Waals surface area contributed by atoms with Crippen LogP contribution in [0.5, 0.6) is 0 Å². The highest BCUT2D eigenvalue weighted by Gasteiger charge is 2.28. The molecular formula is C18H26N4O2. The SMILES string of the molecule is CCCC(O)(CCC)CC(=O)Nc1ccc(-c2n[nH]c(C)n2)cc1. The van der Waals surface area contributed by atoms with E-state index in [1.807, 2.05) is 45.0 Å². The summed E-state index contributed by atoms with van der Waals surface area (Å²) in [5.74, 6) is 1.22. The van der Waals surface area contributed by atoms with E-state index in [4.69, 9.17) is 0 Å². The molecule has 1 amide bonds. The summed E-state index contributed by atoms with van der Waals surface area (Å²) >= 11 is 0. The maximum absolute atomic E-state index is 12.2. The fraction of sp³-hybridized carbons (Fsp3) is 0.500. The van der Waals surface area contributed by atoms with Gasteiger partial charge in [-0.15, -0.1) is 0 Å². The highest BCUT2D eigenvalue weighted by atomic mass is 16.3. The van der Waals surface area contributed by atoms with E-state index in [0.29, 0.717) is 24.4 Å². The minimum absolute atomic E-state index is 0.122. The van der Waals surface area contributed by atoms with Crippen LogP contribution >= 0.6 is 0 Å². The number of carbonyl (C=O) groups is 1. The first-order chi connectivity index (χ1) is 11.5. The number of aliphatic hydroxyl groups is 1. The van der Waals surface area contributed by atoms with Crippen molar-refractivity contribution in [1.82, 2.24) is 15.2 Å². The molecule has 6 nitrogen and oxygen atoms in total. The Labute approximate surface area is 142 Å². The quantitative estimate of drug-likeness (QED) is 0.691. The van der Waals surface area contributed by atoms with Crippen molar-refractivity contribution in [3.8, 4) is 11.4 Å². The molecular weight excluding hydrogens is 304 g/mol. The Bertz CT molecular complexity index is 658. The number of benzene rings is 1. The molecule has 0 fully saturated rings. The van der Waals surface area contributed by atoms with Crippen LogP contribution in [0.4, 0.5) is 5.69 Å². The first-order valence-electron chi connectivity index (χ1n) is 8.47. The highest BCUT2D eigenvalue weighted by Crippen LogP contribution is 2.24. The zero-order valence-corrected chi connectivity index (χ0v) is 14.6. The van der Waals surface area contributed by atoms with Crippen LogP contribution in [0.2, 0.25) is 0 Å². The lowest BCUT2D eigenvalue weighted by Gasteiger charge is -2.26. The summed E-state index contributed by atoms with van der Waals surface area (Å²) in [6.07, 6.45) is 3.11. The third kappa shape index (κ3) is 4.89. The molecule has 24 heavy (non-hydrogen) atoms. The number of aryl methyl sites for hydroxylation is 1. The van der Waals surface area contributed by atoms with Crippen molar-refractivity contribution in [2.45, 2.75) is 58.5 Å². The lowest BCUT2D eigenvalue weighted by atomic mass is 9.89. The average molecular weight is 330 g/mol. The first kappa shape index (κ1) is 18.1. The number of hydrogen-bond donors (Lipinski definition) is 3. The molecule has 0 radical (unpaired) electrons. The lowest BCUT2D eigenvalue weighted by Crippen LogP contribution is -2.33. The molecule has 1 heterocycles. The summed E-state index contributed by atoms with van der Waals surface area (Å²) in [5.41, 5.74) is 0.668. The number of H-pyrrole nitrogens is 1. The van der Waals surface area contributed by atoms with Crippen LogP contribution in [0.3, 0.4) is 0 Å². The van der Waals surface area contributed by atoms with Crippen LogP contribution < -0.4 is 5.32 Å². The van der Waals surface area contributed by atoms with Gasteiger partial charge in [0, 0.05) is 11.3 Å². The maximum Gasteiger partial charge on any atom is 0.227 e. The Hall–Kier alpha value is -2.21. The van der Waals surface area contributed by atoms with E-state index >= 15 is 0 Å². The standard InChI is InChI=1S/C18H26N4O2/c1-4-10-18(24,11-5-2)12-16(23)20-15-8-6-14(7-9-15)17-19-13(3)21-22-17/h6-9,24H,4-5,10-12H2,1-3H3,(H,20,23)(H,19,21,22). The van der Waals surface area contributed by atoms with Crippen molar-refractivity contribution < 1.29 is 9.90 Å². The average Bonchev–Trinajstić information content (AvgIpc) is 2.94. The largest absolute Gasteiger partial charge is 0.389 e. The second kappa shape index (κ2) is 8.06. The molecule has 0 spiro atoms. The molecule has 0 atom stereocenters. The minimum Gasteiger partial charge on any atom is -0.389 e. The smallest absolute Gasteiger partial charge is 0.227 e. The Morgan fingerprint density at radius 1 is 1.21 bits per heavy atom.